The molecular weight excluding hydrogens is 454 g/mol. The zero-order chi connectivity index (χ0) is 26.9. The fourth-order valence-corrected chi connectivity index (χ4v) is 3.82. The molecule has 0 aliphatic rings. The lowest BCUT2D eigenvalue weighted by molar-refractivity contribution is -0.138. The van der Waals surface area contributed by atoms with Gasteiger partial charge in [-0.05, 0) is 69.4 Å². The summed E-state index contributed by atoms with van der Waals surface area (Å²) in [5.74, 6) is -0.699. The summed E-state index contributed by atoms with van der Waals surface area (Å²) in [4.78, 5) is 41.0. The van der Waals surface area contributed by atoms with Gasteiger partial charge in [-0.1, -0.05) is 62.4 Å². The van der Waals surface area contributed by atoms with Gasteiger partial charge in [-0.15, -0.1) is 0 Å². The van der Waals surface area contributed by atoms with Crippen molar-refractivity contribution in [2.45, 2.75) is 66.0 Å². The number of carbonyl (C=O) groups excluding carboxylic acids is 3. The number of hydrogen-bond donors (Lipinski definition) is 2. The second-order valence-corrected chi connectivity index (χ2v) is 9.83. The predicted octanol–water partition coefficient (Wildman–Crippen LogP) is 5.78. The number of ether oxygens (including phenoxy) is 1. The third-order valence-corrected chi connectivity index (χ3v) is 5.61. The first-order valence-electron chi connectivity index (χ1n) is 12.3. The number of nitrogens with one attached hydrogen (secondary N) is 2. The molecule has 0 bridgehead atoms. The van der Waals surface area contributed by atoms with E-state index in [9.17, 15) is 14.4 Å². The molecule has 7 heteroatoms. The van der Waals surface area contributed by atoms with E-state index >= 15 is 0 Å². The van der Waals surface area contributed by atoms with Crippen LogP contribution in [0.5, 0.6) is 0 Å². The average molecular weight is 494 g/mol. The van der Waals surface area contributed by atoms with E-state index in [2.05, 4.69) is 17.2 Å². The van der Waals surface area contributed by atoms with E-state index in [0.29, 0.717) is 18.5 Å². The second kappa shape index (κ2) is 12.9. The monoisotopic (exact) mass is 493 g/mol. The highest BCUT2D eigenvalue weighted by atomic mass is 16.6. The molecule has 2 N–H and O–H groups in total. The van der Waals surface area contributed by atoms with Crippen LogP contribution < -0.4 is 10.6 Å². The van der Waals surface area contributed by atoms with E-state index in [1.54, 1.807) is 26.8 Å². The van der Waals surface area contributed by atoms with Crippen LogP contribution in [0, 0.1) is 13.8 Å². The Kier molecular flexibility index (Phi) is 10.3. The Bertz CT molecular complexity index is 1070. The molecule has 1 unspecified atom stereocenters. The molecule has 0 aliphatic carbocycles. The first kappa shape index (κ1) is 28.6. The van der Waals surface area contributed by atoms with Crippen molar-refractivity contribution in [3.8, 4) is 0 Å². The Hall–Kier alpha value is -3.61. The van der Waals surface area contributed by atoms with Gasteiger partial charge in [0.05, 0.1) is 0 Å². The van der Waals surface area contributed by atoms with Crippen molar-refractivity contribution >= 4 is 29.7 Å². The molecule has 3 amide bonds. The Labute approximate surface area is 214 Å². The lowest BCUT2D eigenvalue weighted by atomic mass is 10.00. The number of anilines is 1. The van der Waals surface area contributed by atoms with E-state index < -0.39 is 17.7 Å². The summed E-state index contributed by atoms with van der Waals surface area (Å²) < 4.78 is 5.27. The number of unbranched alkanes of at least 4 members (excludes halogenated alkanes) is 1. The van der Waals surface area contributed by atoms with Crippen molar-refractivity contribution in [2.24, 2.45) is 0 Å². The number of aryl methyl sites for hydroxylation is 2. The van der Waals surface area contributed by atoms with Crippen LogP contribution in [0.4, 0.5) is 10.5 Å². The molecule has 2 rings (SSSR count). The molecular formula is C29H39N3O4. The molecule has 36 heavy (non-hydrogen) atoms. The molecule has 0 aliphatic heterocycles. The van der Waals surface area contributed by atoms with Crippen molar-refractivity contribution in [2.75, 3.05) is 18.4 Å². The number of benzene rings is 2. The molecule has 0 radical (unpaired) electrons. The Morgan fingerprint density at radius 3 is 2.31 bits per heavy atom. The molecule has 1 atom stereocenters. The van der Waals surface area contributed by atoms with Crippen LogP contribution in [0.3, 0.4) is 0 Å². The van der Waals surface area contributed by atoms with Crippen molar-refractivity contribution in [3.63, 3.8) is 0 Å². The maximum absolute atomic E-state index is 13.8. The minimum absolute atomic E-state index is 0.285. The predicted molar refractivity (Wildman–Crippen MR) is 145 cm³/mol. The summed E-state index contributed by atoms with van der Waals surface area (Å²) in [6, 6.07) is 12.3. The van der Waals surface area contributed by atoms with Gasteiger partial charge in [0, 0.05) is 12.2 Å². The van der Waals surface area contributed by atoms with Crippen molar-refractivity contribution in [3.05, 3.63) is 71.3 Å². The molecule has 2 aromatic carbocycles. The number of nitrogens with zero attached hydrogens (tertiary/aromatic N) is 1. The van der Waals surface area contributed by atoms with Gasteiger partial charge in [-0.3, -0.25) is 9.59 Å². The SMILES string of the molecule is C=Cc1cccc(C(C(=O)Nc2c(C)cccc2C)N(CCCC)C(=O)CNC(=O)OC(C)(C)C)c1. The fraction of sp³-hybridized carbons (Fsp3) is 0.414. The van der Waals surface area contributed by atoms with Crippen molar-refractivity contribution in [1.82, 2.24) is 10.2 Å². The molecule has 194 valence electrons. The quantitative estimate of drug-likeness (QED) is 0.439. The minimum atomic E-state index is -0.900. The molecule has 0 saturated carbocycles. The standard InChI is InChI=1S/C29H39N3O4/c1-8-10-17-32(24(33)19-30-28(35)36-29(5,6)7)26(23-16-12-15-22(9-2)18-23)27(34)31-25-20(3)13-11-14-21(25)4/h9,11-16,18,26H,2,8,10,17,19H2,1,3-7H3,(H,30,35)(H,31,34). The normalized spacial score (nSPS) is 11.8. The van der Waals surface area contributed by atoms with Crippen LogP contribution in [0.15, 0.2) is 49.0 Å². The van der Waals surface area contributed by atoms with Gasteiger partial charge in [-0.25, -0.2) is 4.79 Å². The van der Waals surface area contributed by atoms with Gasteiger partial charge in [0.1, 0.15) is 18.2 Å². The number of rotatable bonds is 10. The highest BCUT2D eigenvalue weighted by Gasteiger charge is 2.32. The minimum Gasteiger partial charge on any atom is -0.444 e. The van der Waals surface area contributed by atoms with Crippen LogP contribution in [0.25, 0.3) is 6.08 Å². The zero-order valence-electron chi connectivity index (χ0n) is 22.3. The summed E-state index contributed by atoms with van der Waals surface area (Å²) in [6.45, 7) is 15.0. The van der Waals surface area contributed by atoms with E-state index in [1.165, 1.54) is 4.90 Å². The van der Waals surface area contributed by atoms with Gasteiger partial charge in [0.15, 0.2) is 0 Å². The van der Waals surface area contributed by atoms with Crippen LogP contribution >= 0.6 is 0 Å². The second-order valence-electron chi connectivity index (χ2n) is 9.83. The van der Waals surface area contributed by atoms with Crippen LogP contribution in [0.1, 0.15) is 68.8 Å². The third kappa shape index (κ3) is 8.26. The highest BCUT2D eigenvalue weighted by Crippen LogP contribution is 2.27. The van der Waals surface area contributed by atoms with Crippen molar-refractivity contribution in [1.29, 1.82) is 0 Å². The largest absolute Gasteiger partial charge is 0.444 e. The molecule has 0 fully saturated rings. The Morgan fingerprint density at radius 1 is 1.08 bits per heavy atom. The smallest absolute Gasteiger partial charge is 0.408 e. The molecule has 7 nitrogen and oxygen atoms in total. The van der Waals surface area contributed by atoms with Crippen LogP contribution in [-0.4, -0.2) is 41.5 Å². The lowest BCUT2D eigenvalue weighted by Crippen LogP contribution is -2.47. The van der Waals surface area contributed by atoms with Gasteiger partial charge in [0.2, 0.25) is 5.91 Å². The van der Waals surface area contributed by atoms with Crippen LogP contribution in [-0.2, 0) is 14.3 Å². The van der Waals surface area contributed by atoms with Gasteiger partial charge in [-0.2, -0.15) is 0 Å². The molecule has 0 saturated heterocycles. The number of carbonyl (C=O) groups is 3. The maximum atomic E-state index is 13.8. The van der Waals surface area contributed by atoms with E-state index in [-0.39, 0.29) is 18.4 Å². The molecule has 0 heterocycles. The summed E-state index contributed by atoms with van der Waals surface area (Å²) in [5.41, 5.74) is 3.40. The number of para-hydroxylation sites is 1. The number of alkyl carbamates (subject to hydrolysis) is 1. The average Bonchev–Trinajstić information content (AvgIpc) is 2.81. The topological polar surface area (TPSA) is 87.7 Å². The Balaban J connectivity index is 2.43. The summed E-state index contributed by atoms with van der Waals surface area (Å²) in [6.07, 6.45) is 2.55. The first-order chi connectivity index (χ1) is 17.0. The summed E-state index contributed by atoms with van der Waals surface area (Å²) in [5, 5.41) is 5.58. The molecule has 0 spiro atoms. The van der Waals surface area contributed by atoms with E-state index in [0.717, 1.165) is 28.8 Å². The first-order valence-corrected chi connectivity index (χ1v) is 12.3. The van der Waals surface area contributed by atoms with Gasteiger partial charge >= 0.3 is 6.09 Å². The van der Waals surface area contributed by atoms with E-state index in [1.807, 2.05) is 63.2 Å². The number of amides is 3. The molecule has 0 aromatic heterocycles. The van der Waals surface area contributed by atoms with E-state index in [4.69, 9.17) is 4.74 Å². The highest BCUT2D eigenvalue weighted by molar-refractivity contribution is 5.99. The molecule has 2 aromatic rings. The van der Waals surface area contributed by atoms with Gasteiger partial charge in [0.25, 0.3) is 5.91 Å². The third-order valence-electron chi connectivity index (χ3n) is 5.61. The summed E-state index contributed by atoms with van der Waals surface area (Å²) in [7, 11) is 0. The number of hydrogen-bond acceptors (Lipinski definition) is 4. The van der Waals surface area contributed by atoms with Gasteiger partial charge < -0.3 is 20.3 Å². The Morgan fingerprint density at radius 2 is 1.72 bits per heavy atom. The zero-order valence-corrected chi connectivity index (χ0v) is 22.3. The van der Waals surface area contributed by atoms with Crippen LogP contribution in [0.2, 0.25) is 0 Å². The van der Waals surface area contributed by atoms with Crippen molar-refractivity contribution < 1.29 is 19.1 Å². The lowest BCUT2D eigenvalue weighted by Gasteiger charge is -2.32. The summed E-state index contributed by atoms with van der Waals surface area (Å²) >= 11 is 0. The maximum Gasteiger partial charge on any atom is 0.408 e. The fourth-order valence-electron chi connectivity index (χ4n) is 3.82.